The van der Waals surface area contributed by atoms with Crippen LogP contribution in [0.3, 0.4) is 0 Å². The van der Waals surface area contributed by atoms with Gasteiger partial charge in [-0.15, -0.1) is 0 Å². The summed E-state index contributed by atoms with van der Waals surface area (Å²) in [6.07, 6.45) is 0. The molecule has 0 saturated carbocycles. The van der Waals surface area contributed by atoms with E-state index < -0.39 is 0 Å². The maximum absolute atomic E-state index is 5.23. The number of hydrogen-bond acceptors (Lipinski definition) is 5. The number of fused-ring (bicyclic) bond motifs is 13. The van der Waals surface area contributed by atoms with Crippen LogP contribution in [-0.2, 0) is 5.41 Å². The van der Waals surface area contributed by atoms with E-state index in [2.05, 4.69) is 354 Å². The maximum atomic E-state index is 5.23. The Morgan fingerprint density at radius 2 is 0.553 bits per heavy atom. The fourth-order valence-electron chi connectivity index (χ4n) is 17.0. The van der Waals surface area contributed by atoms with Crippen molar-refractivity contribution < 1.29 is 0 Å². The van der Waals surface area contributed by atoms with E-state index in [4.69, 9.17) is 24.9 Å². The Hall–Kier alpha value is -14.9. The SMILES string of the molecule is CC(C)(C)c1ccc(-n2c3ccccc3c3c(-c4ccc5c(c4)c4ccccc4n5-c4nc(-c5ccccc5)cc(-c5ccccc5)n4)cccc32)cc1.c1ccc(-c2nc(-c3ccccc3)nc(-n3c4ccccc4c4cc(-c5ccc6cc(-c7cccc8c7c7ccccc7n8-c7ccccc7)ccc6c5)ccc43)n2)cc1. The summed E-state index contributed by atoms with van der Waals surface area (Å²) in [4.78, 5) is 25.6. The molecule has 0 bridgehead atoms. The summed E-state index contributed by atoms with van der Waals surface area (Å²) in [5, 5.41) is 12.0. The van der Waals surface area contributed by atoms with Gasteiger partial charge in [0.15, 0.2) is 11.6 Å². The topological polar surface area (TPSA) is 84.2 Å². The Balaban J connectivity index is 0.000000144. The van der Waals surface area contributed by atoms with Crippen molar-refractivity contribution >= 4 is 98.0 Å². The molecule has 0 aliphatic rings. The van der Waals surface area contributed by atoms with Gasteiger partial charge in [0.2, 0.25) is 11.9 Å². The molecule has 6 heterocycles. The molecule has 22 rings (SSSR count). The largest absolute Gasteiger partial charge is 0.309 e. The summed E-state index contributed by atoms with van der Waals surface area (Å²) < 4.78 is 9.19. The quantitative estimate of drug-likeness (QED) is 0.129. The average molecular weight is 1460 g/mol. The van der Waals surface area contributed by atoms with Gasteiger partial charge in [-0.3, -0.25) is 9.13 Å². The maximum Gasteiger partial charge on any atom is 0.238 e. The molecule has 9 nitrogen and oxygen atoms in total. The van der Waals surface area contributed by atoms with Crippen LogP contribution in [0.4, 0.5) is 0 Å². The average Bonchev–Trinajstić information content (AvgIpc) is 1.46. The fraction of sp³-hybridized carbons (Fsp3) is 0.0381. The number of aromatic nitrogens is 9. The Bertz CT molecular complexity index is 7360. The third kappa shape index (κ3) is 11.7. The molecule has 16 aromatic carbocycles. The van der Waals surface area contributed by atoms with Gasteiger partial charge in [0.1, 0.15) is 0 Å². The van der Waals surface area contributed by atoms with E-state index in [1.807, 2.05) is 72.8 Å². The van der Waals surface area contributed by atoms with Gasteiger partial charge in [0, 0.05) is 76.7 Å². The van der Waals surface area contributed by atoms with Crippen LogP contribution in [0.5, 0.6) is 0 Å². The van der Waals surface area contributed by atoms with Crippen molar-refractivity contribution in [2.75, 3.05) is 0 Å². The standard InChI is InChI=1S/C55H35N5.C50H38N4/c1-4-15-36(16-5-1)53-56-54(37-17-6-2-7-18-37)58-55(57-53)60-48-24-12-10-21-45(48)47-35-41(31-32-50(47)60)39-27-28-40-34-42(30-29-38(40)33-39)44-23-14-26-51-52(44)46-22-11-13-25-49(46)59(51)43-19-8-3-9-20-43;1-50(2,3)36-26-28-37(29-27-36)53-45-23-13-11-20-40(45)48-38(21-14-24-47(48)53)35-25-30-46-41(31-35)39-19-10-12-22-44(39)54(46)49-51-42(33-15-6-4-7-16-33)32-43(52-49)34-17-8-5-9-18-34/h1-35H;4-32H,1-3H3. The molecule has 0 atom stereocenters. The highest BCUT2D eigenvalue weighted by Crippen LogP contribution is 2.45. The van der Waals surface area contributed by atoms with Crippen molar-refractivity contribution in [2.24, 2.45) is 0 Å². The van der Waals surface area contributed by atoms with Gasteiger partial charge in [-0.1, -0.05) is 306 Å². The van der Waals surface area contributed by atoms with Gasteiger partial charge < -0.3 is 9.13 Å². The van der Waals surface area contributed by atoms with Crippen molar-refractivity contribution in [2.45, 2.75) is 26.2 Å². The van der Waals surface area contributed by atoms with E-state index in [1.165, 1.54) is 87.8 Å². The van der Waals surface area contributed by atoms with Crippen LogP contribution in [0.2, 0.25) is 0 Å². The minimum Gasteiger partial charge on any atom is -0.309 e. The van der Waals surface area contributed by atoms with E-state index >= 15 is 0 Å². The first kappa shape index (κ1) is 67.2. The molecular formula is C105H73N9. The molecule has 0 unspecified atom stereocenters. The van der Waals surface area contributed by atoms with Crippen molar-refractivity contribution in [1.82, 2.24) is 43.2 Å². The number of benzene rings is 16. The molecule has 0 saturated heterocycles. The molecule has 0 fully saturated rings. The zero-order valence-electron chi connectivity index (χ0n) is 63.0. The van der Waals surface area contributed by atoms with Crippen LogP contribution in [0, 0.1) is 0 Å². The molecule has 0 aliphatic heterocycles. The lowest BCUT2D eigenvalue weighted by molar-refractivity contribution is 0.590. The van der Waals surface area contributed by atoms with Crippen molar-refractivity contribution in [3.63, 3.8) is 0 Å². The van der Waals surface area contributed by atoms with Gasteiger partial charge in [-0.05, 0) is 158 Å². The first-order valence-electron chi connectivity index (χ1n) is 38.9. The second kappa shape index (κ2) is 27.6. The number of rotatable bonds is 11. The highest BCUT2D eigenvalue weighted by molar-refractivity contribution is 6.19. The number of hydrogen-bond donors (Lipinski definition) is 0. The molecule has 0 amide bonds. The summed E-state index contributed by atoms with van der Waals surface area (Å²) >= 11 is 0. The first-order valence-corrected chi connectivity index (χ1v) is 38.9. The summed E-state index contributed by atoms with van der Waals surface area (Å²) in [6.45, 7) is 6.79. The van der Waals surface area contributed by atoms with Gasteiger partial charge in [-0.25, -0.2) is 15.0 Å². The normalized spacial score (nSPS) is 11.8. The summed E-state index contributed by atoms with van der Waals surface area (Å²) in [7, 11) is 0. The van der Waals surface area contributed by atoms with Crippen molar-refractivity contribution in [3.8, 4) is 102 Å². The smallest absolute Gasteiger partial charge is 0.238 e. The van der Waals surface area contributed by atoms with Crippen LogP contribution in [-0.4, -0.2) is 43.2 Å². The number of para-hydroxylation sites is 5. The summed E-state index contributed by atoms with van der Waals surface area (Å²) in [5.41, 5.74) is 25.7. The molecule has 0 radical (unpaired) electrons. The second-order valence-electron chi connectivity index (χ2n) is 30.4. The molecule has 538 valence electrons. The lowest BCUT2D eigenvalue weighted by atomic mass is 9.87. The molecule has 22 aromatic rings. The lowest BCUT2D eigenvalue weighted by Crippen LogP contribution is -2.10. The van der Waals surface area contributed by atoms with Gasteiger partial charge in [0.25, 0.3) is 0 Å². The van der Waals surface area contributed by atoms with Crippen molar-refractivity contribution in [3.05, 3.63) is 394 Å². The number of nitrogens with zero attached hydrogens (tertiary/aromatic N) is 9. The first-order chi connectivity index (χ1) is 56.2. The monoisotopic (exact) mass is 1460 g/mol. The van der Waals surface area contributed by atoms with Crippen LogP contribution in [0.25, 0.3) is 200 Å². The Labute approximate surface area is 658 Å². The van der Waals surface area contributed by atoms with E-state index in [0.29, 0.717) is 23.5 Å². The predicted octanol–water partition coefficient (Wildman–Crippen LogP) is 26.9. The van der Waals surface area contributed by atoms with Crippen molar-refractivity contribution in [1.29, 1.82) is 0 Å². The zero-order chi connectivity index (χ0) is 76.0. The lowest BCUT2D eigenvalue weighted by Gasteiger charge is -2.19. The molecule has 9 heteroatoms. The van der Waals surface area contributed by atoms with Gasteiger partial charge >= 0.3 is 0 Å². The minimum atomic E-state index is 0.0926. The Kier molecular flexibility index (Phi) is 16.3. The van der Waals surface area contributed by atoms with Gasteiger partial charge in [-0.2, -0.15) is 9.97 Å². The fourth-order valence-corrected chi connectivity index (χ4v) is 17.0. The summed E-state index contributed by atoms with van der Waals surface area (Å²) in [6, 6.07) is 138. The second-order valence-corrected chi connectivity index (χ2v) is 30.4. The molecular weight excluding hydrogens is 1390 g/mol. The van der Waals surface area contributed by atoms with E-state index in [-0.39, 0.29) is 5.41 Å². The van der Waals surface area contributed by atoms with Crippen LogP contribution < -0.4 is 0 Å². The molecule has 0 N–H and O–H groups in total. The van der Waals surface area contributed by atoms with Crippen LogP contribution in [0.1, 0.15) is 26.3 Å². The Morgan fingerprint density at radius 3 is 1.04 bits per heavy atom. The third-order valence-corrected chi connectivity index (χ3v) is 22.5. The zero-order valence-corrected chi connectivity index (χ0v) is 63.0. The van der Waals surface area contributed by atoms with Crippen LogP contribution >= 0.6 is 0 Å². The van der Waals surface area contributed by atoms with E-state index in [9.17, 15) is 0 Å². The van der Waals surface area contributed by atoms with E-state index in [1.54, 1.807) is 0 Å². The predicted molar refractivity (Wildman–Crippen MR) is 473 cm³/mol. The molecule has 114 heavy (non-hydrogen) atoms. The van der Waals surface area contributed by atoms with Crippen LogP contribution in [0.15, 0.2) is 388 Å². The molecule has 0 aliphatic carbocycles. The third-order valence-electron chi connectivity index (χ3n) is 22.5. The highest BCUT2D eigenvalue weighted by atomic mass is 15.2. The van der Waals surface area contributed by atoms with E-state index in [0.717, 1.165) is 94.2 Å². The van der Waals surface area contributed by atoms with Gasteiger partial charge in [0.05, 0.1) is 55.5 Å². The minimum absolute atomic E-state index is 0.0926. The highest BCUT2D eigenvalue weighted by Gasteiger charge is 2.24. The summed E-state index contributed by atoms with van der Waals surface area (Å²) in [5.74, 6) is 2.51. The Morgan fingerprint density at radius 1 is 0.211 bits per heavy atom. The molecule has 0 spiro atoms. The molecule has 6 aromatic heterocycles.